The minimum Gasteiger partial charge on any atom is -0.454 e. The molecule has 1 aromatic heterocycles. The van der Waals surface area contributed by atoms with Crippen LogP contribution in [0, 0.1) is 5.82 Å². The summed E-state index contributed by atoms with van der Waals surface area (Å²) >= 11 is 5.83. The number of carbonyl (C=O) groups is 1. The Kier molecular flexibility index (Phi) is 6.35. The second-order valence-electron chi connectivity index (χ2n) is 7.72. The third-order valence-corrected chi connectivity index (χ3v) is 5.89. The van der Waals surface area contributed by atoms with Crippen LogP contribution in [0.25, 0.3) is 0 Å². The second kappa shape index (κ2) is 9.21. The predicted molar refractivity (Wildman–Crippen MR) is 126 cm³/mol. The lowest BCUT2D eigenvalue weighted by atomic mass is 9.91. The lowest BCUT2D eigenvalue weighted by Gasteiger charge is -2.34. The highest BCUT2D eigenvalue weighted by Gasteiger charge is 2.32. The van der Waals surface area contributed by atoms with E-state index in [0.29, 0.717) is 17.0 Å². The lowest BCUT2D eigenvalue weighted by molar-refractivity contribution is -0.113. The van der Waals surface area contributed by atoms with Gasteiger partial charge >= 0.3 is 0 Å². The molecule has 6 nitrogen and oxygen atoms in total. The fourth-order valence-electron chi connectivity index (χ4n) is 3.79. The molecule has 2 aromatic carbocycles. The van der Waals surface area contributed by atoms with Crippen LogP contribution < -0.4 is 15.0 Å². The van der Waals surface area contributed by atoms with Crippen LogP contribution in [-0.2, 0) is 11.2 Å². The average molecular weight is 468 g/mol. The van der Waals surface area contributed by atoms with Gasteiger partial charge in [-0.05, 0) is 43.2 Å². The Labute approximate surface area is 196 Å². The number of halogens is 2. The first-order valence-electron chi connectivity index (χ1n) is 10.4. The topological polar surface area (TPSA) is 74.7 Å². The number of hydrogen-bond acceptors (Lipinski definition) is 5. The van der Waals surface area contributed by atoms with E-state index in [2.05, 4.69) is 10.3 Å². The summed E-state index contributed by atoms with van der Waals surface area (Å²) in [6.45, 7) is 3.80. The van der Waals surface area contributed by atoms with Gasteiger partial charge in [0, 0.05) is 48.0 Å². The van der Waals surface area contributed by atoms with Gasteiger partial charge in [-0.15, -0.1) is 0 Å². The number of rotatable bonds is 5. The Morgan fingerprint density at radius 2 is 2.03 bits per heavy atom. The summed E-state index contributed by atoms with van der Waals surface area (Å²) < 4.78 is 20.1. The summed E-state index contributed by atoms with van der Waals surface area (Å²) in [5.41, 5.74) is 3.64. The number of aryl methyl sites for hydroxylation is 1. The summed E-state index contributed by atoms with van der Waals surface area (Å²) in [6, 6.07) is 13.0. The van der Waals surface area contributed by atoms with Gasteiger partial charge in [0.15, 0.2) is 11.6 Å². The molecule has 0 fully saturated rings. The van der Waals surface area contributed by atoms with E-state index in [1.54, 1.807) is 13.0 Å². The number of pyridine rings is 1. The Morgan fingerprint density at radius 3 is 2.73 bits per heavy atom. The maximum absolute atomic E-state index is 14.6. The van der Waals surface area contributed by atoms with E-state index in [-0.39, 0.29) is 22.2 Å². The number of hydrogen-bond donors (Lipinski definition) is 2. The normalized spacial score (nSPS) is 15.3. The number of anilines is 2. The van der Waals surface area contributed by atoms with Gasteiger partial charge in [0.25, 0.3) is 5.91 Å². The van der Waals surface area contributed by atoms with Gasteiger partial charge in [0.05, 0.1) is 5.57 Å². The molecule has 33 heavy (non-hydrogen) atoms. The van der Waals surface area contributed by atoms with Crippen LogP contribution in [0.3, 0.4) is 0 Å². The molecule has 1 amide bonds. The molecule has 1 aliphatic heterocycles. The Morgan fingerprint density at radius 1 is 1.24 bits per heavy atom. The van der Waals surface area contributed by atoms with E-state index in [0.717, 1.165) is 23.7 Å². The Bertz CT molecular complexity index is 1260. The molecule has 0 radical (unpaired) electrons. The molecule has 8 heteroatoms. The van der Waals surface area contributed by atoms with Crippen molar-refractivity contribution in [1.29, 1.82) is 0 Å². The SMILES string of the molecule is CCc1ccc2c(c1)C(O)C(C(=O)Nc1ccc(Oc3ccnc(Cl)c3)c(F)c1)=C(C)N2C. The molecule has 2 N–H and O–H groups in total. The van der Waals surface area contributed by atoms with Gasteiger partial charge in [-0.2, -0.15) is 0 Å². The van der Waals surface area contributed by atoms with Crippen LogP contribution in [0.15, 0.2) is 66.0 Å². The number of ether oxygens (including phenoxy) is 1. The molecule has 0 aliphatic carbocycles. The van der Waals surface area contributed by atoms with E-state index in [1.165, 1.54) is 24.4 Å². The molecular formula is C25H23ClFN3O3. The van der Waals surface area contributed by atoms with Crippen molar-refractivity contribution in [2.45, 2.75) is 26.4 Å². The first-order valence-corrected chi connectivity index (χ1v) is 10.8. The van der Waals surface area contributed by atoms with Crippen LogP contribution in [0.4, 0.5) is 15.8 Å². The molecule has 0 spiro atoms. The zero-order valence-corrected chi connectivity index (χ0v) is 19.2. The number of aliphatic hydroxyl groups is 1. The van der Waals surface area contributed by atoms with Crippen LogP contribution in [0.1, 0.15) is 31.1 Å². The summed E-state index contributed by atoms with van der Waals surface area (Å²) in [5, 5.41) is 13.9. The molecule has 170 valence electrons. The van der Waals surface area contributed by atoms with Crippen molar-refractivity contribution in [3.05, 3.63) is 88.1 Å². The number of aliphatic hydroxyl groups excluding tert-OH is 1. The van der Waals surface area contributed by atoms with Crippen molar-refractivity contribution < 1.29 is 19.0 Å². The smallest absolute Gasteiger partial charge is 0.256 e. The molecule has 4 rings (SSSR count). The molecule has 1 atom stereocenters. The molecular weight excluding hydrogens is 445 g/mol. The molecule has 0 bridgehead atoms. The minimum absolute atomic E-state index is 0.0240. The number of allylic oxidation sites excluding steroid dienone is 1. The fourth-order valence-corrected chi connectivity index (χ4v) is 3.95. The number of carbonyl (C=O) groups excluding carboxylic acids is 1. The summed E-state index contributed by atoms with van der Waals surface area (Å²) in [5.74, 6) is -0.854. The largest absolute Gasteiger partial charge is 0.454 e. The highest BCUT2D eigenvalue weighted by atomic mass is 35.5. The van der Waals surface area contributed by atoms with Crippen LogP contribution in [0.2, 0.25) is 5.15 Å². The number of aromatic nitrogens is 1. The van der Waals surface area contributed by atoms with Crippen LogP contribution in [0.5, 0.6) is 11.5 Å². The minimum atomic E-state index is -1.09. The van der Waals surface area contributed by atoms with Crippen molar-refractivity contribution in [2.75, 3.05) is 17.3 Å². The third kappa shape index (κ3) is 4.55. The number of fused-ring (bicyclic) bond motifs is 1. The lowest BCUT2D eigenvalue weighted by Crippen LogP contribution is -2.31. The number of benzene rings is 2. The molecule has 1 unspecified atom stereocenters. The summed E-state index contributed by atoms with van der Waals surface area (Å²) in [4.78, 5) is 18.8. The van der Waals surface area contributed by atoms with Gasteiger partial charge in [-0.25, -0.2) is 9.37 Å². The standard InChI is InChI=1S/C25H23ClFN3O3/c1-4-15-5-7-20-18(11-15)24(31)23(14(2)30(20)3)25(32)29-16-6-8-21(19(27)12-16)33-17-9-10-28-22(26)13-17/h5-13,24,31H,4H2,1-3H3,(H,29,32). The second-order valence-corrected chi connectivity index (χ2v) is 8.11. The van der Waals surface area contributed by atoms with Gasteiger partial charge in [-0.1, -0.05) is 30.7 Å². The van der Waals surface area contributed by atoms with E-state index in [1.807, 2.05) is 37.1 Å². The van der Waals surface area contributed by atoms with Gasteiger partial charge in [0.1, 0.15) is 17.0 Å². The average Bonchev–Trinajstić information content (AvgIpc) is 2.79. The van der Waals surface area contributed by atoms with Crippen molar-refractivity contribution in [3.63, 3.8) is 0 Å². The number of amides is 1. The third-order valence-electron chi connectivity index (χ3n) is 5.68. The van der Waals surface area contributed by atoms with E-state index >= 15 is 0 Å². The van der Waals surface area contributed by atoms with Crippen LogP contribution >= 0.6 is 11.6 Å². The first kappa shape index (κ1) is 22.8. The summed E-state index contributed by atoms with van der Waals surface area (Å²) in [6.07, 6.45) is 1.17. The number of nitrogens with one attached hydrogen (secondary N) is 1. The van der Waals surface area contributed by atoms with E-state index in [9.17, 15) is 14.3 Å². The van der Waals surface area contributed by atoms with E-state index < -0.39 is 17.8 Å². The van der Waals surface area contributed by atoms with Gasteiger partial charge in [0.2, 0.25) is 0 Å². The number of nitrogens with zero attached hydrogens (tertiary/aromatic N) is 2. The molecule has 0 saturated carbocycles. The molecule has 1 aliphatic rings. The fraction of sp³-hybridized carbons (Fsp3) is 0.200. The monoisotopic (exact) mass is 467 g/mol. The molecule has 0 saturated heterocycles. The van der Waals surface area contributed by atoms with Crippen molar-refractivity contribution in [2.24, 2.45) is 0 Å². The van der Waals surface area contributed by atoms with Crippen molar-refractivity contribution in [1.82, 2.24) is 4.98 Å². The van der Waals surface area contributed by atoms with E-state index in [4.69, 9.17) is 16.3 Å². The zero-order valence-electron chi connectivity index (χ0n) is 18.4. The van der Waals surface area contributed by atoms with Crippen molar-refractivity contribution >= 4 is 28.9 Å². The first-order chi connectivity index (χ1) is 15.8. The maximum Gasteiger partial charge on any atom is 0.256 e. The predicted octanol–water partition coefficient (Wildman–Crippen LogP) is 5.62. The summed E-state index contributed by atoms with van der Waals surface area (Å²) in [7, 11) is 1.84. The molecule has 2 heterocycles. The quantitative estimate of drug-likeness (QED) is 0.476. The zero-order chi connectivity index (χ0) is 23.7. The Hall–Kier alpha value is -3.42. The molecule has 3 aromatic rings. The van der Waals surface area contributed by atoms with Gasteiger partial charge < -0.3 is 20.1 Å². The highest BCUT2D eigenvalue weighted by molar-refractivity contribution is 6.29. The van der Waals surface area contributed by atoms with Crippen LogP contribution in [-0.4, -0.2) is 23.0 Å². The highest BCUT2D eigenvalue weighted by Crippen LogP contribution is 2.40. The van der Waals surface area contributed by atoms with Crippen molar-refractivity contribution in [3.8, 4) is 11.5 Å². The maximum atomic E-state index is 14.6. The van der Waals surface area contributed by atoms with Gasteiger partial charge in [-0.3, -0.25) is 4.79 Å². The Balaban J connectivity index is 1.56.